The number of aliphatic hydroxyl groups is 1. The molecule has 4 aromatic rings. The Kier molecular flexibility index (Phi) is 3.59. The Morgan fingerprint density at radius 2 is 2.12 bits per heavy atom. The number of thiophene rings is 1. The molecule has 0 radical (unpaired) electrons. The van der Waals surface area contributed by atoms with Gasteiger partial charge in [-0.2, -0.15) is 10.2 Å². The van der Waals surface area contributed by atoms with Gasteiger partial charge in [0.25, 0.3) is 0 Å². The summed E-state index contributed by atoms with van der Waals surface area (Å²) in [5.74, 6) is -0.314. The Hall–Kier alpha value is -2.29. The van der Waals surface area contributed by atoms with Crippen molar-refractivity contribution in [2.75, 3.05) is 13.1 Å². The molecule has 0 saturated carbocycles. The number of halogens is 1. The number of rotatable bonds is 2. The van der Waals surface area contributed by atoms with Crippen LogP contribution in [-0.4, -0.2) is 43.9 Å². The molecule has 2 atom stereocenters. The van der Waals surface area contributed by atoms with Gasteiger partial charge < -0.3 is 10.4 Å². The molecule has 2 N–H and O–H groups in total. The number of nitrogens with one attached hydrogen (secondary N) is 1. The molecule has 0 spiro atoms. The van der Waals surface area contributed by atoms with Gasteiger partial charge in [-0.15, -0.1) is 11.3 Å². The number of aliphatic hydroxyl groups excluding tert-OH is 1. The molecule has 6 nitrogen and oxygen atoms in total. The summed E-state index contributed by atoms with van der Waals surface area (Å²) in [6.45, 7) is 1.55. The second-order valence-electron chi connectivity index (χ2n) is 6.81. The third kappa shape index (κ3) is 2.53. The second-order valence-corrected chi connectivity index (χ2v) is 7.84. The van der Waals surface area contributed by atoms with E-state index >= 15 is 0 Å². The second kappa shape index (κ2) is 5.87. The van der Waals surface area contributed by atoms with E-state index in [0.29, 0.717) is 12.1 Å². The summed E-state index contributed by atoms with van der Waals surface area (Å²) in [7, 11) is 1.79. The first-order chi connectivity index (χ1) is 12.6. The van der Waals surface area contributed by atoms with Crippen LogP contribution in [0.15, 0.2) is 30.6 Å². The molecule has 0 aliphatic carbocycles. The van der Waals surface area contributed by atoms with Crippen LogP contribution >= 0.6 is 11.3 Å². The molecule has 5 rings (SSSR count). The number of nitrogens with zero attached hydrogens (tertiary/aromatic N) is 4. The summed E-state index contributed by atoms with van der Waals surface area (Å²) in [5.41, 5.74) is 1.22. The van der Waals surface area contributed by atoms with Crippen LogP contribution in [0.3, 0.4) is 0 Å². The minimum Gasteiger partial charge on any atom is -0.391 e. The largest absolute Gasteiger partial charge is 0.391 e. The molecule has 0 bridgehead atoms. The Morgan fingerprint density at radius 3 is 2.92 bits per heavy atom. The molecule has 3 aromatic heterocycles. The number of benzene rings is 1. The van der Waals surface area contributed by atoms with Crippen molar-refractivity contribution >= 4 is 32.5 Å². The molecule has 1 saturated heterocycles. The van der Waals surface area contributed by atoms with E-state index in [1.807, 2.05) is 29.2 Å². The number of aromatic nitrogens is 4. The van der Waals surface area contributed by atoms with Crippen molar-refractivity contribution in [2.24, 2.45) is 7.05 Å². The van der Waals surface area contributed by atoms with E-state index in [-0.39, 0.29) is 18.0 Å². The number of piperidine rings is 1. The standard InChI is InChI=1S/C18H18FN5OS/c1-23-8-11-4-10(5-13(19)17(11)21-23)16-6-12-9-24(22-18(12)26-16)14-7-20-3-2-15(14)25/h4-6,8-9,14-15,20,25H,2-3,7H2,1H3/t14?,15-/m1/s1. The van der Waals surface area contributed by atoms with E-state index in [1.165, 1.54) is 17.4 Å². The zero-order valence-electron chi connectivity index (χ0n) is 14.2. The molecule has 1 fully saturated rings. The third-order valence-corrected chi connectivity index (χ3v) is 6.02. The van der Waals surface area contributed by atoms with Crippen LogP contribution in [0, 0.1) is 5.82 Å². The van der Waals surface area contributed by atoms with Crippen LogP contribution in [-0.2, 0) is 7.05 Å². The van der Waals surface area contributed by atoms with Crippen LogP contribution in [0.25, 0.3) is 31.6 Å². The van der Waals surface area contributed by atoms with Crippen molar-refractivity contribution in [1.29, 1.82) is 0 Å². The van der Waals surface area contributed by atoms with Gasteiger partial charge >= 0.3 is 0 Å². The van der Waals surface area contributed by atoms with Crippen molar-refractivity contribution in [3.05, 3.63) is 36.4 Å². The third-order valence-electron chi connectivity index (χ3n) is 4.93. The first-order valence-electron chi connectivity index (χ1n) is 8.59. The van der Waals surface area contributed by atoms with E-state index < -0.39 is 0 Å². The average molecular weight is 371 g/mol. The van der Waals surface area contributed by atoms with Gasteiger partial charge in [-0.05, 0) is 36.7 Å². The fourth-order valence-corrected chi connectivity index (χ4v) is 4.60. The van der Waals surface area contributed by atoms with Gasteiger partial charge in [0.05, 0.1) is 12.1 Å². The Bertz CT molecular complexity index is 1080. The van der Waals surface area contributed by atoms with Crippen molar-refractivity contribution in [2.45, 2.75) is 18.6 Å². The lowest BCUT2D eigenvalue weighted by molar-refractivity contribution is 0.0787. The minimum atomic E-state index is -0.383. The first kappa shape index (κ1) is 15.9. The van der Waals surface area contributed by atoms with E-state index in [1.54, 1.807) is 11.7 Å². The summed E-state index contributed by atoms with van der Waals surface area (Å²) in [6.07, 6.45) is 4.13. The monoisotopic (exact) mass is 371 g/mol. The topological polar surface area (TPSA) is 67.9 Å². The van der Waals surface area contributed by atoms with Gasteiger partial charge in [-0.25, -0.2) is 4.39 Å². The number of hydrogen-bond donors (Lipinski definition) is 2. The van der Waals surface area contributed by atoms with Crippen LogP contribution in [0.1, 0.15) is 12.5 Å². The zero-order chi connectivity index (χ0) is 17.8. The molecule has 1 unspecified atom stereocenters. The number of aryl methyl sites for hydroxylation is 1. The summed E-state index contributed by atoms with van der Waals surface area (Å²) in [6, 6.07) is 5.47. The Labute approximate surface area is 152 Å². The highest BCUT2D eigenvalue weighted by molar-refractivity contribution is 7.21. The molecule has 1 aliphatic rings. The van der Waals surface area contributed by atoms with Crippen LogP contribution in [0.4, 0.5) is 4.39 Å². The van der Waals surface area contributed by atoms with E-state index in [0.717, 1.165) is 39.0 Å². The van der Waals surface area contributed by atoms with Crippen molar-refractivity contribution in [3.8, 4) is 10.4 Å². The fraction of sp³-hybridized carbons (Fsp3) is 0.333. The zero-order valence-corrected chi connectivity index (χ0v) is 15.0. The minimum absolute atomic E-state index is 0.0454. The normalized spacial score (nSPS) is 21.0. The molecule has 26 heavy (non-hydrogen) atoms. The van der Waals surface area contributed by atoms with E-state index in [4.69, 9.17) is 0 Å². The van der Waals surface area contributed by atoms with Crippen LogP contribution < -0.4 is 5.32 Å². The molecular formula is C18H18FN5OS. The quantitative estimate of drug-likeness (QED) is 0.569. The van der Waals surface area contributed by atoms with Crippen molar-refractivity contribution < 1.29 is 9.50 Å². The SMILES string of the molecule is Cn1cc2cc(-c3cc4cn(C5CNCC[C@H]5O)nc4s3)cc(F)c2n1. The van der Waals surface area contributed by atoms with Crippen molar-refractivity contribution in [1.82, 2.24) is 24.9 Å². The smallest absolute Gasteiger partial charge is 0.151 e. The first-order valence-corrected chi connectivity index (χ1v) is 9.41. The predicted octanol–water partition coefficient (Wildman–Crippen LogP) is 2.69. The molecule has 134 valence electrons. The maximum absolute atomic E-state index is 14.4. The molecule has 1 aliphatic heterocycles. The van der Waals surface area contributed by atoms with E-state index in [9.17, 15) is 9.50 Å². The van der Waals surface area contributed by atoms with Gasteiger partial charge in [0, 0.05) is 41.6 Å². The molecular weight excluding hydrogens is 353 g/mol. The number of fused-ring (bicyclic) bond motifs is 2. The lowest BCUT2D eigenvalue weighted by Crippen LogP contribution is -2.41. The Balaban J connectivity index is 1.53. The maximum Gasteiger partial charge on any atom is 0.151 e. The average Bonchev–Trinajstić information content (AvgIpc) is 3.27. The van der Waals surface area contributed by atoms with Gasteiger partial charge in [0.1, 0.15) is 10.3 Å². The van der Waals surface area contributed by atoms with Gasteiger partial charge in [0.2, 0.25) is 0 Å². The lowest BCUT2D eigenvalue weighted by Gasteiger charge is -2.28. The van der Waals surface area contributed by atoms with Crippen LogP contribution in [0.5, 0.6) is 0 Å². The summed E-state index contributed by atoms with van der Waals surface area (Å²) < 4.78 is 17.8. The van der Waals surface area contributed by atoms with Crippen molar-refractivity contribution in [3.63, 3.8) is 0 Å². The molecule has 1 aromatic carbocycles. The summed E-state index contributed by atoms with van der Waals surface area (Å²) in [4.78, 5) is 1.87. The molecule has 8 heteroatoms. The highest BCUT2D eigenvalue weighted by Gasteiger charge is 2.25. The van der Waals surface area contributed by atoms with Gasteiger partial charge in [-0.1, -0.05) is 0 Å². The molecule has 0 amide bonds. The van der Waals surface area contributed by atoms with Gasteiger partial charge in [0.15, 0.2) is 5.82 Å². The van der Waals surface area contributed by atoms with E-state index in [2.05, 4.69) is 15.5 Å². The van der Waals surface area contributed by atoms with Gasteiger partial charge in [-0.3, -0.25) is 9.36 Å². The maximum atomic E-state index is 14.4. The highest BCUT2D eigenvalue weighted by Crippen LogP contribution is 2.35. The Morgan fingerprint density at radius 1 is 1.23 bits per heavy atom. The van der Waals surface area contributed by atoms with Crippen LogP contribution in [0.2, 0.25) is 0 Å². The fourth-order valence-electron chi connectivity index (χ4n) is 3.61. The predicted molar refractivity (Wildman–Crippen MR) is 99.8 cm³/mol. The molecule has 4 heterocycles. The number of hydrogen-bond acceptors (Lipinski definition) is 5. The lowest BCUT2D eigenvalue weighted by atomic mass is 10.0. The summed E-state index contributed by atoms with van der Waals surface area (Å²) >= 11 is 1.53. The summed E-state index contributed by atoms with van der Waals surface area (Å²) in [5, 5.41) is 24.1. The highest BCUT2D eigenvalue weighted by atomic mass is 32.1.